The first-order valence-corrected chi connectivity index (χ1v) is 8.63. The smallest absolute Gasteiger partial charge is 0.337 e. The van der Waals surface area contributed by atoms with Gasteiger partial charge in [-0.2, -0.15) is 0 Å². The van der Waals surface area contributed by atoms with Gasteiger partial charge in [0.05, 0.1) is 0 Å². The molecule has 3 N–H and O–H groups in total. The Kier molecular flexibility index (Phi) is 9.26. The Hall–Kier alpha value is -0.710. The molecule has 1 atom stereocenters. The molecule has 0 heterocycles. The van der Waals surface area contributed by atoms with E-state index in [1.165, 1.54) is 0 Å². The molecule has 23 heavy (non-hydrogen) atoms. The third kappa shape index (κ3) is 3.86. The van der Waals surface area contributed by atoms with Crippen molar-refractivity contribution >= 4 is 24.0 Å². The number of hydrogen-bond acceptors (Lipinski definition) is 8. The fraction of sp³-hybridized carbons (Fsp3) is 0.857. The van der Waals surface area contributed by atoms with Gasteiger partial charge in [0.15, 0.2) is 6.29 Å². The van der Waals surface area contributed by atoms with E-state index in [-0.39, 0.29) is 32.7 Å². The summed E-state index contributed by atoms with van der Waals surface area (Å²) in [5.74, 6) is -3.78. The number of carboxylic acids is 1. The third-order valence-electron chi connectivity index (χ3n) is 3.12. The van der Waals surface area contributed by atoms with Gasteiger partial charge in [-0.05, 0) is 34.0 Å². The van der Waals surface area contributed by atoms with Crippen molar-refractivity contribution in [1.82, 2.24) is 0 Å². The molecule has 0 aromatic heterocycles. The number of thioether (sulfide) groups is 1. The van der Waals surface area contributed by atoms with Crippen molar-refractivity contribution in [2.24, 2.45) is 5.73 Å². The normalized spacial score (nSPS) is 15.2. The Bertz CT molecular complexity index is 381. The lowest BCUT2D eigenvalue weighted by Crippen LogP contribution is -2.78. The highest BCUT2D eigenvalue weighted by atomic mass is 32.2. The Labute approximate surface area is 141 Å². The fourth-order valence-electron chi connectivity index (χ4n) is 2.25. The SMILES string of the molecule is CCOC(OCC)(SC)C(OCC)(OCC)C(N)(C=O)C(=O)O. The topological polar surface area (TPSA) is 117 Å². The molecule has 8 nitrogen and oxygen atoms in total. The van der Waals surface area contributed by atoms with Gasteiger partial charge in [-0.15, -0.1) is 0 Å². The maximum Gasteiger partial charge on any atom is 0.337 e. The Morgan fingerprint density at radius 2 is 1.43 bits per heavy atom. The molecule has 0 saturated carbocycles. The van der Waals surface area contributed by atoms with Crippen LogP contribution in [0.15, 0.2) is 0 Å². The van der Waals surface area contributed by atoms with Crippen molar-refractivity contribution < 1.29 is 33.6 Å². The predicted octanol–water partition coefficient (Wildman–Crippen LogP) is 0.827. The molecule has 9 heteroatoms. The van der Waals surface area contributed by atoms with Crippen molar-refractivity contribution in [3.8, 4) is 0 Å². The molecule has 136 valence electrons. The second-order valence-corrected chi connectivity index (χ2v) is 5.35. The monoisotopic (exact) mass is 353 g/mol. The molecular weight excluding hydrogens is 326 g/mol. The Morgan fingerprint density at radius 3 is 1.65 bits per heavy atom. The van der Waals surface area contributed by atoms with Gasteiger partial charge in [0, 0.05) is 26.4 Å². The predicted molar refractivity (Wildman–Crippen MR) is 86.1 cm³/mol. The average molecular weight is 353 g/mol. The van der Waals surface area contributed by atoms with Crippen LogP contribution >= 0.6 is 11.8 Å². The van der Waals surface area contributed by atoms with Gasteiger partial charge < -0.3 is 34.6 Å². The molecular formula is C14H27NO7S. The fourth-order valence-corrected chi connectivity index (χ4v) is 3.28. The van der Waals surface area contributed by atoms with Gasteiger partial charge in [-0.25, -0.2) is 4.79 Å². The molecule has 0 aliphatic heterocycles. The van der Waals surface area contributed by atoms with Crippen LogP contribution in [0.4, 0.5) is 0 Å². The lowest BCUT2D eigenvalue weighted by molar-refractivity contribution is -0.380. The lowest BCUT2D eigenvalue weighted by Gasteiger charge is -2.51. The number of carboxylic acid groups (broad SMARTS) is 1. The van der Waals surface area contributed by atoms with Crippen molar-refractivity contribution in [1.29, 1.82) is 0 Å². The molecule has 0 fully saturated rings. The number of ether oxygens (including phenoxy) is 4. The number of aliphatic carboxylic acids is 1. The zero-order chi connectivity index (χ0) is 18.1. The maximum atomic E-state index is 11.8. The van der Waals surface area contributed by atoms with Crippen LogP contribution in [0.3, 0.4) is 0 Å². The zero-order valence-corrected chi connectivity index (χ0v) is 15.1. The number of carbonyl (C=O) groups is 2. The maximum absolute atomic E-state index is 11.8. The van der Waals surface area contributed by atoms with Gasteiger partial charge in [0.2, 0.25) is 5.54 Å². The van der Waals surface area contributed by atoms with Gasteiger partial charge >= 0.3 is 5.97 Å². The largest absolute Gasteiger partial charge is 0.479 e. The number of nitrogens with two attached hydrogens (primary N) is 1. The summed E-state index contributed by atoms with van der Waals surface area (Å²) < 4.78 is 22.6. The number of aldehydes is 1. The molecule has 0 rings (SSSR count). The van der Waals surface area contributed by atoms with Crippen molar-refractivity contribution in [2.75, 3.05) is 32.7 Å². The van der Waals surface area contributed by atoms with E-state index in [0.29, 0.717) is 0 Å². The summed E-state index contributed by atoms with van der Waals surface area (Å²) >= 11 is 1.02. The van der Waals surface area contributed by atoms with E-state index in [1.54, 1.807) is 34.0 Å². The van der Waals surface area contributed by atoms with Crippen LogP contribution in [0.2, 0.25) is 0 Å². The molecule has 0 aromatic carbocycles. The van der Waals surface area contributed by atoms with E-state index in [0.717, 1.165) is 11.8 Å². The molecule has 1 unspecified atom stereocenters. The van der Waals surface area contributed by atoms with Crippen LogP contribution in [0.5, 0.6) is 0 Å². The first kappa shape index (κ1) is 22.3. The van der Waals surface area contributed by atoms with Gasteiger partial charge in [0.25, 0.3) is 10.9 Å². The van der Waals surface area contributed by atoms with E-state index < -0.39 is 22.4 Å². The molecule has 0 saturated heterocycles. The quantitative estimate of drug-likeness (QED) is 0.282. The summed E-state index contributed by atoms with van der Waals surface area (Å²) in [7, 11) is 0. The van der Waals surface area contributed by atoms with Crippen LogP contribution in [0, 0.1) is 0 Å². The molecule has 0 radical (unpaired) electrons. The molecule has 0 bridgehead atoms. The van der Waals surface area contributed by atoms with Gasteiger partial charge in [-0.1, -0.05) is 11.8 Å². The zero-order valence-electron chi connectivity index (χ0n) is 14.3. The number of carbonyl (C=O) groups excluding carboxylic acids is 1. The summed E-state index contributed by atoms with van der Waals surface area (Å²) in [6.07, 6.45) is 1.72. The van der Waals surface area contributed by atoms with Crippen LogP contribution in [0.1, 0.15) is 27.7 Å². The van der Waals surface area contributed by atoms with Crippen molar-refractivity contribution in [2.45, 2.75) is 44.1 Å². The standard InChI is InChI=1S/C14H27NO7S/c1-6-19-13(20-7-2,12(15,10-16)11(17)18)14(23-5,21-8-3)22-9-4/h10H,6-9,15H2,1-5H3,(H,17,18). The van der Waals surface area contributed by atoms with Crippen LogP contribution in [0.25, 0.3) is 0 Å². The minimum absolute atomic E-state index is 0.0303. The van der Waals surface area contributed by atoms with E-state index in [9.17, 15) is 14.7 Å². The second-order valence-electron chi connectivity index (χ2n) is 4.40. The van der Waals surface area contributed by atoms with E-state index >= 15 is 0 Å². The van der Waals surface area contributed by atoms with Crippen LogP contribution in [-0.2, 0) is 28.5 Å². The van der Waals surface area contributed by atoms with E-state index in [1.807, 2.05) is 0 Å². The van der Waals surface area contributed by atoms with Crippen molar-refractivity contribution in [3.63, 3.8) is 0 Å². The van der Waals surface area contributed by atoms with Crippen LogP contribution in [-0.4, -0.2) is 66.5 Å². The Morgan fingerprint density at radius 1 is 1.04 bits per heavy atom. The summed E-state index contributed by atoms with van der Waals surface area (Å²) in [5, 5.41) is 7.84. The molecule has 0 aliphatic rings. The average Bonchev–Trinajstić information content (AvgIpc) is 2.53. The van der Waals surface area contributed by atoms with E-state index in [4.69, 9.17) is 24.7 Å². The summed E-state index contributed by atoms with van der Waals surface area (Å²) in [6.45, 7) is 7.05. The van der Waals surface area contributed by atoms with Gasteiger partial charge in [-0.3, -0.25) is 0 Å². The van der Waals surface area contributed by atoms with Crippen LogP contribution < -0.4 is 5.73 Å². The number of hydrogen-bond donors (Lipinski definition) is 2. The van der Waals surface area contributed by atoms with Gasteiger partial charge in [0.1, 0.15) is 0 Å². The molecule has 0 aliphatic carbocycles. The molecule has 0 amide bonds. The summed E-state index contributed by atoms with van der Waals surface area (Å²) in [6, 6.07) is 0. The van der Waals surface area contributed by atoms with E-state index in [2.05, 4.69) is 0 Å². The first-order valence-electron chi connectivity index (χ1n) is 7.40. The summed E-state index contributed by atoms with van der Waals surface area (Å²) in [5.41, 5.74) is 3.39. The second kappa shape index (κ2) is 9.55. The third-order valence-corrected chi connectivity index (χ3v) is 4.16. The molecule has 0 aromatic rings. The lowest BCUT2D eigenvalue weighted by atomic mass is 9.89. The summed E-state index contributed by atoms with van der Waals surface area (Å²) in [4.78, 5) is 23.4. The highest BCUT2D eigenvalue weighted by molar-refractivity contribution is 7.99. The first-order chi connectivity index (χ1) is 10.8. The minimum Gasteiger partial charge on any atom is -0.479 e. The Balaban J connectivity index is 6.58. The van der Waals surface area contributed by atoms with Crippen molar-refractivity contribution in [3.05, 3.63) is 0 Å². The number of rotatable bonds is 13. The molecule has 0 spiro atoms. The minimum atomic E-state index is -2.54. The highest BCUT2D eigenvalue weighted by Gasteiger charge is 2.71. The highest BCUT2D eigenvalue weighted by Crippen LogP contribution is 2.46.